The summed E-state index contributed by atoms with van der Waals surface area (Å²) in [5.74, 6) is 0.485. The molecule has 0 aliphatic carbocycles. The van der Waals surface area contributed by atoms with Crippen LogP contribution in [0, 0.1) is 11.3 Å². The zero-order valence-electron chi connectivity index (χ0n) is 32.4. The van der Waals surface area contributed by atoms with Crippen LogP contribution in [0.2, 0.25) is 69.5 Å². The molecule has 4 aromatic rings. The minimum Gasteiger partial charge on any atom is -0.465 e. The zero-order valence-corrected chi connectivity index (χ0v) is 36.2. The predicted molar refractivity (Wildman–Crippen MR) is 217 cm³/mol. The van der Waals surface area contributed by atoms with Crippen molar-refractivity contribution >= 4 is 57.1 Å². The fourth-order valence-corrected chi connectivity index (χ4v) is 8.57. The molecular formula is C37H56N4O6SSi3. The van der Waals surface area contributed by atoms with E-state index in [0.717, 1.165) is 17.7 Å². The second-order valence-corrected chi connectivity index (χ2v) is 34.2. The molecule has 278 valence electrons. The van der Waals surface area contributed by atoms with E-state index in [1.54, 1.807) is 20.7 Å². The Kier molecular flexibility index (Phi) is 13.1. The van der Waals surface area contributed by atoms with E-state index < -0.39 is 24.5 Å². The van der Waals surface area contributed by atoms with Crippen molar-refractivity contribution in [2.24, 2.45) is 0 Å². The maximum atomic E-state index is 14.6. The van der Waals surface area contributed by atoms with E-state index in [-0.39, 0.29) is 48.3 Å². The third-order valence-corrected chi connectivity index (χ3v) is 18.4. The molecule has 0 saturated carbocycles. The van der Waals surface area contributed by atoms with Gasteiger partial charge in [0.25, 0.3) is 11.1 Å². The van der Waals surface area contributed by atoms with E-state index in [9.17, 15) is 9.59 Å². The number of hydrogen-bond donors (Lipinski definition) is 0. The van der Waals surface area contributed by atoms with Crippen LogP contribution in [0.3, 0.4) is 0 Å². The Morgan fingerprint density at radius 3 is 2.22 bits per heavy atom. The Labute approximate surface area is 309 Å². The average Bonchev–Trinajstić information content (AvgIpc) is 3.35. The lowest BCUT2D eigenvalue weighted by molar-refractivity contribution is 0.0227. The molecule has 0 fully saturated rings. The van der Waals surface area contributed by atoms with Gasteiger partial charge < -0.3 is 18.6 Å². The third-order valence-electron chi connectivity index (χ3n) is 9.35. The number of ether oxygens (including phenoxy) is 3. The summed E-state index contributed by atoms with van der Waals surface area (Å²) in [6.45, 7) is 26.7. The van der Waals surface area contributed by atoms with Gasteiger partial charge in [-0.05, 0) is 54.0 Å². The number of hydrogen-bond acceptors (Lipinski definition) is 9. The quantitative estimate of drug-likeness (QED) is 0.0594. The highest BCUT2D eigenvalue weighted by molar-refractivity contribution is 7.14. The minimum atomic E-state index is -2.10. The second-order valence-electron chi connectivity index (χ2n) is 17.1. The molecular weight excluding hydrogens is 713 g/mol. The molecule has 51 heavy (non-hydrogen) atoms. The van der Waals surface area contributed by atoms with Gasteiger partial charge in [0.1, 0.15) is 17.9 Å². The molecule has 2 aromatic heterocycles. The van der Waals surface area contributed by atoms with E-state index in [1.807, 2.05) is 18.2 Å². The maximum absolute atomic E-state index is 14.6. The van der Waals surface area contributed by atoms with Crippen LogP contribution in [0.5, 0.6) is 5.75 Å². The fraction of sp³-hybridized carbons (Fsp3) is 0.568. The molecule has 0 atom stereocenters. The largest absolute Gasteiger partial charge is 0.465 e. The first-order valence-electron chi connectivity index (χ1n) is 17.7. The molecule has 4 rings (SSSR count). The summed E-state index contributed by atoms with van der Waals surface area (Å²) in [4.78, 5) is 32.8. The van der Waals surface area contributed by atoms with Crippen LogP contribution in [0.4, 0.5) is 0 Å². The topological polar surface area (TPSA) is 118 Å². The SMILES string of the molecule is CC(C)(C)[Si](C)(C)OCc1cc(OCOCC[Si](C)(C)C)c2nc(-c3cccc4c(=O)n(CCC#N)sc34)c(=O)n(COCC[Si](C)(C)C)c2c1. The number of fused-ring (bicyclic) bond motifs is 2. The van der Waals surface area contributed by atoms with Crippen LogP contribution in [-0.4, -0.2) is 58.0 Å². The van der Waals surface area contributed by atoms with Crippen molar-refractivity contribution in [1.29, 1.82) is 5.26 Å². The van der Waals surface area contributed by atoms with Gasteiger partial charge in [-0.1, -0.05) is 83.7 Å². The van der Waals surface area contributed by atoms with E-state index in [1.165, 1.54) is 11.5 Å². The van der Waals surface area contributed by atoms with E-state index in [2.05, 4.69) is 79.2 Å². The van der Waals surface area contributed by atoms with Gasteiger partial charge in [0.05, 0.1) is 34.7 Å². The lowest BCUT2D eigenvalue weighted by atomic mass is 10.1. The van der Waals surface area contributed by atoms with Crippen molar-refractivity contribution in [2.75, 3.05) is 20.0 Å². The van der Waals surface area contributed by atoms with Gasteiger partial charge in [-0.2, -0.15) is 5.26 Å². The predicted octanol–water partition coefficient (Wildman–Crippen LogP) is 8.88. The number of nitrogens with zero attached hydrogens (tertiary/aromatic N) is 4. The number of nitriles is 1. The summed E-state index contributed by atoms with van der Waals surface area (Å²) in [7, 11) is -4.78. The molecule has 0 bridgehead atoms. The number of aryl methyl sites for hydroxylation is 1. The van der Waals surface area contributed by atoms with Crippen LogP contribution in [0.25, 0.3) is 32.4 Å². The van der Waals surface area contributed by atoms with Gasteiger partial charge in [-0.15, -0.1) is 0 Å². The third kappa shape index (κ3) is 10.6. The maximum Gasteiger partial charge on any atom is 0.279 e. The lowest BCUT2D eigenvalue weighted by Crippen LogP contribution is -2.40. The second kappa shape index (κ2) is 16.4. The average molecular weight is 769 g/mol. The zero-order chi connectivity index (χ0) is 37.8. The summed E-state index contributed by atoms with van der Waals surface area (Å²) < 4.78 is 29.0. The molecule has 0 spiro atoms. The van der Waals surface area contributed by atoms with Gasteiger partial charge in [0.15, 0.2) is 20.9 Å². The molecule has 0 amide bonds. The summed E-state index contributed by atoms with van der Waals surface area (Å²) >= 11 is 1.25. The molecule has 2 heterocycles. The highest BCUT2D eigenvalue weighted by Gasteiger charge is 2.37. The molecule has 0 N–H and O–H groups in total. The van der Waals surface area contributed by atoms with E-state index in [4.69, 9.17) is 28.9 Å². The Bertz CT molecular complexity index is 2000. The van der Waals surface area contributed by atoms with E-state index in [0.29, 0.717) is 52.3 Å². The fourth-order valence-electron chi connectivity index (χ4n) is 4.99. The highest BCUT2D eigenvalue weighted by Crippen LogP contribution is 2.38. The molecule has 0 aliphatic rings. The molecule has 0 saturated heterocycles. The van der Waals surface area contributed by atoms with Gasteiger partial charge in [-0.3, -0.25) is 18.1 Å². The van der Waals surface area contributed by atoms with Gasteiger partial charge in [0.2, 0.25) is 0 Å². The van der Waals surface area contributed by atoms with Crippen LogP contribution < -0.4 is 15.9 Å². The molecule has 14 heteroatoms. The van der Waals surface area contributed by atoms with Crippen molar-refractivity contribution in [3.63, 3.8) is 0 Å². The van der Waals surface area contributed by atoms with Crippen molar-refractivity contribution < 1.29 is 18.6 Å². The minimum absolute atomic E-state index is 0.0235. The summed E-state index contributed by atoms with van der Waals surface area (Å²) in [5, 5.41) is 9.67. The normalized spacial score (nSPS) is 12.9. The Morgan fingerprint density at radius 2 is 1.59 bits per heavy atom. The lowest BCUT2D eigenvalue weighted by Gasteiger charge is -2.36. The first-order chi connectivity index (χ1) is 23.7. The van der Waals surface area contributed by atoms with Crippen LogP contribution in [0.1, 0.15) is 32.8 Å². The van der Waals surface area contributed by atoms with Crippen LogP contribution >= 0.6 is 11.5 Å². The van der Waals surface area contributed by atoms with Crippen molar-refractivity contribution in [1.82, 2.24) is 13.5 Å². The van der Waals surface area contributed by atoms with E-state index >= 15 is 0 Å². The molecule has 10 nitrogen and oxygen atoms in total. The monoisotopic (exact) mass is 768 g/mol. The molecule has 0 unspecified atom stereocenters. The first-order valence-corrected chi connectivity index (χ1v) is 28.8. The number of benzene rings is 2. The molecule has 0 aliphatic heterocycles. The van der Waals surface area contributed by atoms with Gasteiger partial charge in [0, 0.05) is 41.5 Å². The molecule has 2 aromatic carbocycles. The smallest absolute Gasteiger partial charge is 0.279 e. The summed E-state index contributed by atoms with van der Waals surface area (Å²) in [6.07, 6.45) is 0.208. The Morgan fingerprint density at radius 1 is 0.922 bits per heavy atom. The van der Waals surface area contributed by atoms with Crippen molar-refractivity contribution in [2.45, 2.75) is 117 Å². The first kappa shape index (κ1) is 40.9. The summed E-state index contributed by atoms with van der Waals surface area (Å²) in [6, 6.07) is 13.3. The van der Waals surface area contributed by atoms with Crippen LogP contribution in [-0.2, 0) is 33.8 Å². The number of aromatic nitrogens is 3. The standard InChI is InChI=1S/C37H56N4O6SSi3/c1-37(2,3)51(10,11)47-24-27-22-30-33(31(23-27)46-26-45-19-21-50(7,8)9)39-32(36(43)40(30)25-44-18-20-49(4,5)6)28-14-12-15-29-34(28)48-41(35(29)42)17-13-16-38/h12,14-15,22-23H,13,17-21,24-26H2,1-11H3. The van der Waals surface area contributed by atoms with Gasteiger partial charge >= 0.3 is 0 Å². The Balaban J connectivity index is 1.90. The molecule has 0 radical (unpaired) electrons. The van der Waals surface area contributed by atoms with Crippen molar-refractivity contribution in [3.8, 4) is 23.1 Å². The Hall–Kier alpha value is -2.91. The van der Waals surface area contributed by atoms with Crippen LogP contribution in [0.15, 0.2) is 39.9 Å². The number of rotatable bonds is 17. The summed E-state index contributed by atoms with van der Waals surface area (Å²) in [5.41, 5.74) is 2.18. The van der Waals surface area contributed by atoms with Crippen molar-refractivity contribution in [3.05, 3.63) is 56.6 Å². The highest BCUT2D eigenvalue weighted by atomic mass is 32.1. The van der Waals surface area contributed by atoms with Gasteiger partial charge in [-0.25, -0.2) is 4.98 Å².